The van der Waals surface area contributed by atoms with Crippen LogP contribution in [0.3, 0.4) is 0 Å². The van der Waals surface area contributed by atoms with Crippen LogP contribution in [0, 0.1) is 5.92 Å². The van der Waals surface area contributed by atoms with Crippen LogP contribution in [0.15, 0.2) is 36.4 Å². The maximum absolute atomic E-state index is 5.62. The van der Waals surface area contributed by atoms with Crippen molar-refractivity contribution >= 4 is 5.69 Å². The molecule has 1 aromatic carbocycles. The van der Waals surface area contributed by atoms with Crippen molar-refractivity contribution in [1.82, 2.24) is 0 Å². The van der Waals surface area contributed by atoms with Gasteiger partial charge in [0.2, 0.25) is 0 Å². The third-order valence-corrected chi connectivity index (χ3v) is 3.14. The van der Waals surface area contributed by atoms with Crippen molar-refractivity contribution in [2.45, 2.75) is 13.3 Å². The van der Waals surface area contributed by atoms with Gasteiger partial charge in [-0.25, -0.2) is 0 Å². The Balaban J connectivity index is 2.23. The normalized spacial score (nSPS) is 19.4. The zero-order chi connectivity index (χ0) is 11.5. The van der Waals surface area contributed by atoms with Crippen molar-refractivity contribution in [2.75, 3.05) is 24.5 Å². The van der Waals surface area contributed by atoms with Gasteiger partial charge in [-0.1, -0.05) is 31.7 Å². The Morgan fingerprint density at radius 3 is 3.00 bits per heavy atom. The fraction of sp³-hybridized carbons (Fsp3) is 0.429. The maximum Gasteiger partial charge on any atom is 0.0401 e. The molecule has 0 bridgehead atoms. The molecule has 86 valence electrons. The van der Waals surface area contributed by atoms with Crippen molar-refractivity contribution in [3.05, 3.63) is 42.0 Å². The van der Waals surface area contributed by atoms with Gasteiger partial charge in [0.25, 0.3) is 0 Å². The van der Waals surface area contributed by atoms with Crippen LogP contribution >= 0.6 is 0 Å². The number of nitrogens with two attached hydrogens (primary N) is 1. The van der Waals surface area contributed by atoms with E-state index in [0.29, 0.717) is 12.5 Å². The quantitative estimate of drug-likeness (QED) is 0.785. The summed E-state index contributed by atoms with van der Waals surface area (Å²) in [5.41, 5.74) is 9.53. The first kappa shape index (κ1) is 11.2. The van der Waals surface area contributed by atoms with Crippen LogP contribution in [0.1, 0.15) is 12.5 Å². The Morgan fingerprint density at radius 2 is 2.25 bits per heavy atom. The molecule has 1 heterocycles. The fourth-order valence-corrected chi connectivity index (χ4v) is 2.39. The molecule has 1 unspecified atom stereocenters. The Hall–Kier alpha value is -1.28. The molecule has 2 nitrogen and oxygen atoms in total. The number of benzene rings is 1. The number of para-hydroxylation sites is 1. The summed E-state index contributed by atoms with van der Waals surface area (Å²) >= 11 is 0. The Bertz CT molecular complexity index is 384. The molecule has 0 aliphatic carbocycles. The van der Waals surface area contributed by atoms with Gasteiger partial charge in [0, 0.05) is 25.3 Å². The summed E-state index contributed by atoms with van der Waals surface area (Å²) in [6.45, 7) is 8.87. The second-order valence-electron chi connectivity index (χ2n) is 4.77. The molecule has 1 atom stereocenters. The Labute approximate surface area is 97.8 Å². The molecule has 0 aromatic heterocycles. The zero-order valence-corrected chi connectivity index (χ0v) is 9.95. The van der Waals surface area contributed by atoms with Gasteiger partial charge in [0.05, 0.1) is 0 Å². The minimum Gasteiger partial charge on any atom is -0.367 e. The third-order valence-electron chi connectivity index (χ3n) is 3.14. The molecule has 16 heavy (non-hydrogen) atoms. The van der Waals surface area contributed by atoms with Gasteiger partial charge in [0.1, 0.15) is 0 Å². The molecule has 2 heteroatoms. The fourth-order valence-electron chi connectivity index (χ4n) is 2.39. The van der Waals surface area contributed by atoms with E-state index >= 15 is 0 Å². The third kappa shape index (κ3) is 2.27. The number of fused-ring (bicyclic) bond motifs is 1. The summed E-state index contributed by atoms with van der Waals surface area (Å²) in [6, 6.07) is 8.65. The van der Waals surface area contributed by atoms with E-state index in [2.05, 4.69) is 42.7 Å². The van der Waals surface area contributed by atoms with Crippen molar-refractivity contribution in [3.63, 3.8) is 0 Å². The number of rotatable bonds is 3. The van der Waals surface area contributed by atoms with Gasteiger partial charge < -0.3 is 10.6 Å². The van der Waals surface area contributed by atoms with Gasteiger partial charge >= 0.3 is 0 Å². The average Bonchev–Trinajstić information content (AvgIpc) is 2.28. The first-order chi connectivity index (χ1) is 7.70. The predicted molar refractivity (Wildman–Crippen MR) is 69.7 cm³/mol. The minimum absolute atomic E-state index is 0.576. The van der Waals surface area contributed by atoms with E-state index in [1.54, 1.807) is 0 Å². The summed E-state index contributed by atoms with van der Waals surface area (Å²) in [5, 5.41) is 0. The topological polar surface area (TPSA) is 29.3 Å². The van der Waals surface area contributed by atoms with E-state index in [9.17, 15) is 0 Å². The van der Waals surface area contributed by atoms with E-state index in [4.69, 9.17) is 5.73 Å². The Morgan fingerprint density at radius 1 is 1.50 bits per heavy atom. The summed E-state index contributed by atoms with van der Waals surface area (Å²) < 4.78 is 0. The van der Waals surface area contributed by atoms with E-state index in [0.717, 1.165) is 18.7 Å². The van der Waals surface area contributed by atoms with Crippen molar-refractivity contribution in [1.29, 1.82) is 0 Å². The highest BCUT2D eigenvalue weighted by atomic mass is 15.1. The van der Waals surface area contributed by atoms with Crippen molar-refractivity contribution < 1.29 is 0 Å². The first-order valence-corrected chi connectivity index (χ1v) is 5.90. The molecule has 0 amide bonds. The highest BCUT2D eigenvalue weighted by molar-refractivity contribution is 5.56. The van der Waals surface area contributed by atoms with Gasteiger partial charge in [0.15, 0.2) is 0 Å². The van der Waals surface area contributed by atoms with Crippen LogP contribution in [0.2, 0.25) is 0 Å². The van der Waals surface area contributed by atoms with Gasteiger partial charge in [-0.3, -0.25) is 0 Å². The SMILES string of the molecule is C=C(CN)CN1CC(C)Cc2ccccc21. The van der Waals surface area contributed by atoms with Crippen LogP contribution in [0.4, 0.5) is 5.69 Å². The van der Waals surface area contributed by atoms with E-state index in [1.807, 2.05) is 0 Å². The molecule has 2 N–H and O–H groups in total. The standard InChI is InChI=1S/C14H20N2/c1-11-7-13-5-3-4-6-14(13)16(9-11)10-12(2)8-15/h3-6,11H,2,7-10,15H2,1H3. The zero-order valence-electron chi connectivity index (χ0n) is 9.95. The lowest BCUT2D eigenvalue weighted by atomic mass is 9.93. The van der Waals surface area contributed by atoms with Crippen LogP contribution in [0.5, 0.6) is 0 Å². The number of anilines is 1. The molecule has 0 spiro atoms. The largest absolute Gasteiger partial charge is 0.367 e. The lowest BCUT2D eigenvalue weighted by Crippen LogP contribution is -2.36. The average molecular weight is 216 g/mol. The summed E-state index contributed by atoms with van der Waals surface area (Å²) in [4.78, 5) is 2.40. The molecule has 1 aliphatic rings. The first-order valence-electron chi connectivity index (χ1n) is 5.90. The number of nitrogens with zero attached hydrogens (tertiary/aromatic N) is 1. The van der Waals surface area contributed by atoms with Crippen LogP contribution in [-0.2, 0) is 6.42 Å². The highest BCUT2D eigenvalue weighted by Crippen LogP contribution is 2.29. The van der Waals surface area contributed by atoms with Crippen LogP contribution in [0.25, 0.3) is 0 Å². The lowest BCUT2D eigenvalue weighted by molar-refractivity contribution is 0.539. The second-order valence-corrected chi connectivity index (χ2v) is 4.77. The van der Waals surface area contributed by atoms with Gasteiger partial charge in [-0.2, -0.15) is 0 Å². The molecule has 2 rings (SSSR count). The molecule has 0 saturated carbocycles. The molecular weight excluding hydrogens is 196 g/mol. The molecule has 0 saturated heterocycles. The van der Waals surface area contributed by atoms with E-state index in [1.165, 1.54) is 17.7 Å². The highest BCUT2D eigenvalue weighted by Gasteiger charge is 2.21. The molecule has 1 aromatic rings. The molecule has 0 radical (unpaired) electrons. The summed E-state index contributed by atoms with van der Waals surface area (Å²) in [5.74, 6) is 0.709. The van der Waals surface area contributed by atoms with Crippen molar-refractivity contribution in [2.24, 2.45) is 11.7 Å². The Kier molecular flexibility index (Phi) is 3.30. The second kappa shape index (κ2) is 4.71. The molecule has 1 aliphatic heterocycles. The number of hydrogen-bond acceptors (Lipinski definition) is 2. The summed E-state index contributed by atoms with van der Waals surface area (Å²) in [6.07, 6.45) is 1.18. The van der Waals surface area contributed by atoms with Gasteiger partial charge in [-0.15, -0.1) is 0 Å². The maximum atomic E-state index is 5.62. The molecule has 0 fully saturated rings. The molecular formula is C14H20N2. The van der Waals surface area contributed by atoms with E-state index in [-0.39, 0.29) is 0 Å². The summed E-state index contributed by atoms with van der Waals surface area (Å²) in [7, 11) is 0. The van der Waals surface area contributed by atoms with E-state index < -0.39 is 0 Å². The lowest BCUT2D eigenvalue weighted by Gasteiger charge is -2.35. The smallest absolute Gasteiger partial charge is 0.0401 e. The predicted octanol–water partition coefficient (Wildman–Crippen LogP) is 2.20. The monoisotopic (exact) mass is 216 g/mol. The van der Waals surface area contributed by atoms with Gasteiger partial charge in [-0.05, 0) is 29.5 Å². The van der Waals surface area contributed by atoms with Crippen LogP contribution < -0.4 is 10.6 Å². The minimum atomic E-state index is 0.576. The number of hydrogen-bond donors (Lipinski definition) is 1. The van der Waals surface area contributed by atoms with Crippen molar-refractivity contribution in [3.8, 4) is 0 Å². The van der Waals surface area contributed by atoms with Crippen LogP contribution in [-0.4, -0.2) is 19.6 Å².